The van der Waals surface area contributed by atoms with Crippen LogP contribution in [0.15, 0.2) is 17.5 Å². The van der Waals surface area contributed by atoms with Crippen molar-refractivity contribution in [3.05, 3.63) is 22.4 Å². The molecule has 1 radical (unpaired) electrons. The third-order valence-electron chi connectivity index (χ3n) is 1.86. The van der Waals surface area contributed by atoms with Gasteiger partial charge in [0.05, 0.1) is 6.04 Å². The lowest BCUT2D eigenvalue weighted by atomic mass is 10.2. The second-order valence-corrected chi connectivity index (χ2v) is 3.56. The van der Waals surface area contributed by atoms with Crippen LogP contribution in [0.25, 0.3) is 0 Å². The predicted octanol–water partition coefficient (Wildman–Crippen LogP) is 2.19. The summed E-state index contributed by atoms with van der Waals surface area (Å²) >= 11 is 1.83. The summed E-state index contributed by atoms with van der Waals surface area (Å²) < 4.78 is 0. The number of thiophene rings is 1. The molecule has 0 saturated carbocycles. The number of nitrogens with zero attached hydrogens (tertiary/aromatic N) is 1. The molecule has 53 valence electrons. The summed E-state index contributed by atoms with van der Waals surface area (Å²) in [5.41, 5.74) is 0. The molecule has 1 unspecified atom stereocenters. The molecule has 0 N–H and O–H groups in total. The monoisotopic (exact) mass is 152 g/mol. The smallest absolute Gasteiger partial charge is 0.0589 e. The van der Waals surface area contributed by atoms with E-state index in [4.69, 9.17) is 0 Å². The van der Waals surface area contributed by atoms with Gasteiger partial charge in [0.25, 0.3) is 0 Å². The van der Waals surface area contributed by atoms with Crippen LogP contribution in [0.3, 0.4) is 0 Å². The SMILES string of the molecule is c1csc(C2CCC[N]2)c1. The van der Waals surface area contributed by atoms with E-state index in [9.17, 15) is 0 Å². The van der Waals surface area contributed by atoms with Gasteiger partial charge >= 0.3 is 0 Å². The molecule has 2 heteroatoms. The molecular formula is C8H10NS. The maximum Gasteiger partial charge on any atom is 0.0589 e. The molecule has 1 aromatic heterocycles. The van der Waals surface area contributed by atoms with E-state index in [1.165, 1.54) is 17.7 Å². The average Bonchev–Trinajstić information content (AvgIpc) is 2.59. The van der Waals surface area contributed by atoms with Gasteiger partial charge in [0.2, 0.25) is 0 Å². The first-order valence-electron chi connectivity index (χ1n) is 3.67. The normalized spacial score (nSPS) is 25.4. The zero-order valence-electron chi connectivity index (χ0n) is 5.79. The molecule has 0 spiro atoms. The zero-order chi connectivity index (χ0) is 6.81. The second kappa shape index (κ2) is 2.72. The number of hydrogen-bond acceptors (Lipinski definition) is 1. The van der Waals surface area contributed by atoms with E-state index < -0.39 is 0 Å². The van der Waals surface area contributed by atoms with Gasteiger partial charge in [-0.25, -0.2) is 5.32 Å². The van der Waals surface area contributed by atoms with Crippen LogP contribution in [-0.4, -0.2) is 6.54 Å². The summed E-state index contributed by atoms with van der Waals surface area (Å²) in [6.45, 7) is 1.07. The van der Waals surface area contributed by atoms with Crippen molar-refractivity contribution in [1.29, 1.82) is 0 Å². The van der Waals surface area contributed by atoms with E-state index in [1.807, 2.05) is 11.3 Å². The minimum atomic E-state index is 0.542. The summed E-state index contributed by atoms with van der Waals surface area (Å²) in [5.74, 6) is 0. The Morgan fingerprint density at radius 3 is 3.20 bits per heavy atom. The van der Waals surface area contributed by atoms with Crippen LogP contribution in [0.4, 0.5) is 0 Å². The fourth-order valence-electron chi connectivity index (χ4n) is 1.34. The third-order valence-corrected chi connectivity index (χ3v) is 2.83. The first-order valence-corrected chi connectivity index (χ1v) is 4.55. The molecular weight excluding hydrogens is 142 g/mol. The van der Waals surface area contributed by atoms with E-state index >= 15 is 0 Å². The lowest BCUT2D eigenvalue weighted by Gasteiger charge is -2.02. The predicted molar refractivity (Wildman–Crippen MR) is 43.3 cm³/mol. The van der Waals surface area contributed by atoms with Crippen LogP contribution >= 0.6 is 11.3 Å². The summed E-state index contributed by atoms with van der Waals surface area (Å²) in [6, 6.07) is 4.83. The van der Waals surface area contributed by atoms with E-state index in [0.29, 0.717) is 6.04 Å². The summed E-state index contributed by atoms with van der Waals surface area (Å²) in [5, 5.41) is 6.62. The molecule has 1 aromatic rings. The van der Waals surface area contributed by atoms with Gasteiger partial charge in [-0.1, -0.05) is 6.07 Å². The molecule has 1 nitrogen and oxygen atoms in total. The van der Waals surface area contributed by atoms with Crippen molar-refractivity contribution in [2.75, 3.05) is 6.54 Å². The van der Waals surface area contributed by atoms with Crippen LogP contribution in [-0.2, 0) is 0 Å². The Kier molecular flexibility index (Phi) is 1.74. The number of hydrogen-bond donors (Lipinski definition) is 0. The zero-order valence-corrected chi connectivity index (χ0v) is 6.60. The topological polar surface area (TPSA) is 14.1 Å². The molecule has 1 fully saturated rings. The van der Waals surface area contributed by atoms with Gasteiger partial charge in [-0.2, -0.15) is 0 Å². The molecule has 0 bridgehead atoms. The Bertz CT molecular complexity index is 187. The van der Waals surface area contributed by atoms with Crippen molar-refractivity contribution in [3.63, 3.8) is 0 Å². The molecule has 0 aliphatic carbocycles. The van der Waals surface area contributed by atoms with Crippen molar-refractivity contribution in [2.45, 2.75) is 18.9 Å². The Hall–Kier alpha value is -0.340. The minimum Gasteiger partial charge on any atom is -0.233 e. The largest absolute Gasteiger partial charge is 0.233 e. The lowest BCUT2D eigenvalue weighted by Crippen LogP contribution is -2.02. The highest BCUT2D eigenvalue weighted by Gasteiger charge is 2.17. The molecule has 2 heterocycles. The summed E-state index contributed by atoms with van der Waals surface area (Å²) in [7, 11) is 0. The molecule has 2 rings (SSSR count). The molecule has 1 aliphatic rings. The minimum absolute atomic E-state index is 0.542. The maximum atomic E-state index is 4.49. The first kappa shape index (κ1) is 6.38. The van der Waals surface area contributed by atoms with Gasteiger partial charge in [0, 0.05) is 11.4 Å². The van der Waals surface area contributed by atoms with Crippen LogP contribution in [0.1, 0.15) is 23.8 Å². The molecule has 1 aliphatic heterocycles. The highest BCUT2D eigenvalue weighted by Crippen LogP contribution is 2.27. The first-order chi connectivity index (χ1) is 4.97. The van der Waals surface area contributed by atoms with Gasteiger partial charge in [0.15, 0.2) is 0 Å². The van der Waals surface area contributed by atoms with E-state index in [-0.39, 0.29) is 0 Å². The lowest BCUT2D eigenvalue weighted by molar-refractivity contribution is 0.647. The van der Waals surface area contributed by atoms with Crippen molar-refractivity contribution < 1.29 is 0 Å². The standard InChI is InChI=1S/C8H10NS/c1-3-7(9-5-1)8-4-2-6-10-8/h2,4,6-7H,1,3,5H2. The average molecular weight is 152 g/mol. The molecule has 1 saturated heterocycles. The second-order valence-electron chi connectivity index (χ2n) is 2.58. The fourth-order valence-corrected chi connectivity index (χ4v) is 2.16. The van der Waals surface area contributed by atoms with Gasteiger partial charge < -0.3 is 0 Å². The summed E-state index contributed by atoms with van der Waals surface area (Å²) in [4.78, 5) is 1.44. The van der Waals surface area contributed by atoms with Crippen molar-refractivity contribution in [2.24, 2.45) is 0 Å². The van der Waals surface area contributed by atoms with Crippen LogP contribution < -0.4 is 5.32 Å². The molecule has 0 amide bonds. The van der Waals surface area contributed by atoms with Gasteiger partial charge in [0.1, 0.15) is 0 Å². The van der Waals surface area contributed by atoms with Crippen molar-refractivity contribution in [3.8, 4) is 0 Å². The summed E-state index contributed by atoms with van der Waals surface area (Å²) in [6.07, 6.45) is 2.54. The van der Waals surface area contributed by atoms with Crippen LogP contribution in [0, 0.1) is 0 Å². The van der Waals surface area contributed by atoms with Gasteiger partial charge in [-0.3, -0.25) is 0 Å². The van der Waals surface area contributed by atoms with Gasteiger partial charge in [-0.05, 0) is 24.3 Å². The molecule has 10 heavy (non-hydrogen) atoms. The van der Waals surface area contributed by atoms with Gasteiger partial charge in [-0.15, -0.1) is 11.3 Å². The Morgan fingerprint density at radius 1 is 1.60 bits per heavy atom. The van der Waals surface area contributed by atoms with Crippen molar-refractivity contribution in [1.82, 2.24) is 5.32 Å². The third kappa shape index (κ3) is 1.09. The molecule has 1 atom stereocenters. The highest BCUT2D eigenvalue weighted by molar-refractivity contribution is 7.10. The fraction of sp³-hybridized carbons (Fsp3) is 0.500. The highest BCUT2D eigenvalue weighted by atomic mass is 32.1. The molecule has 0 aromatic carbocycles. The van der Waals surface area contributed by atoms with Crippen LogP contribution in [0.2, 0.25) is 0 Å². The number of rotatable bonds is 1. The van der Waals surface area contributed by atoms with E-state index in [1.54, 1.807) is 0 Å². The Balaban J connectivity index is 2.12. The van der Waals surface area contributed by atoms with Crippen LogP contribution in [0.5, 0.6) is 0 Å². The Morgan fingerprint density at radius 2 is 2.60 bits per heavy atom. The quantitative estimate of drug-likeness (QED) is 0.585. The maximum absolute atomic E-state index is 4.49. The van der Waals surface area contributed by atoms with E-state index in [2.05, 4.69) is 22.8 Å². The van der Waals surface area contributed by atoms with Crippen molar-refractivity contribution >= 4 is 11.3 Å². The Labute approximate surface area is 65.1 Å². The van der Waals surface area contributed by atoms with E-state index in [0.717, 1.165) is 6.54 Å².